The quantitative estimate of drug-likeness (QED) is 0.850. The van der Waals surface area contributed by atoms with E-state index in [1.54, 1.807) is 6.08 Å². The first-order valence-electron chi connectivity index (χ1n) is 7.38. The number of carbonyl (C=O) groups is 2. The topological polar surface area (TPSA) is 58.2 Å². The Morgan fingerprint density at radius 1 is 0.957 bits per heavy atom. The maximum atomic E-state index is 12.5. The van der Waals surface area contributed by atoms with Gasteiger partial charge >= 0.3 is 0 Å². The number of nitrogens with one attached hydrogen (secondary N) is 2. The standard InChI is InChI=1S/C19H20N2O2/c1-13-8-10-17(11-9-13)21-19(23)18(20-15(3)22)12-16-7-5-4-6-14(16)2/h4-12H,1-3H3,(H,20,22)(H,21,23)/b18-12-. The summed E-state index contributed by atoms with van der Waals surface area (Å²) in [7, 11) is 0. The zero-order valence-electron chi connectivity index (χ0n) is 13.5. The van der Waals surface area contributed by atoms with Gasteiger partial charge < -0.3 is 10.6 Å². The summed E-state index contributed by atoms with van der Waals surface area (Å²) in [6.45, 7) is 5.31. The minimum atomic E-state index is -0.354. The molecule has 0 fully saturated rings. The molecule has 2 aromatic carbocycles. The summed E-state index contributed by atoms with van der Waals surface area (Å²) >= 11 is 0. The largest absolute Gasteiger partial charge is 0.322 e. The molecule has 0 aliphatic rings. The first-order valence-corrected chi connectivity index (χ1v) is 7.38. The van der Waals surface area contributed by atoms with Gasteiger partial charge in [0.15, 0.2) is 0 Å². The molecule has 2 amide bonds. The highest BCUT2D eigenvalue weighted by atomic mass is 16.2. The molecule has 2 aromatic rings. The lowest BCUT2D eigenvalue weighted by Crippen LogP contribution is -2.29. The fourth-order valence-corrected chi connectivity index (χ4v) is 2.09. The molecular weight excluding hydrogens is 288 g/mol. The minimum Gasteiger partial charge on any atom is -0.322 e. The summed E-state index contributed by atoms with van der Waals surface area (Å²) in [4.78, 5) is 23.9. The highest BCUT2D eigenvalue weighted by Crippen LogP contribution is 2.14. The van der Waals surface area contributed by atoms with Crippen molar-refractivity contribution in [2.24, 2.45) is 0 Å². The number of anilines is 1. The average molecular weight is 308 g/mol. The number of carbonyl (C=O) groups excluding carboxylic acids is 2. The number of hydrogen-bond acceptors (Lipinski definition) is 2. The second-order valence-electron chi connectivity index (χ2n) is 5.42. The smallest absolute Gasteiger partial charge is 0.272 e. The lowest BCUT2D eigenvalue weighted by molar-refractivity contribution is -0.120. The van der Waals surface area contributed by atoms with Gasteiger partial charge in [0.25, 0.3) is 5.91 Å². The van der Waals surface area contributed by atoms with Gasteiger partial charge in [-0.2, -0.15) is 0 Å². The Morgan fingerprint density at radius 2 is 1.61 bits per heavy atom. The molecule has 0 saturated carbocycles. The molecule has 0 bridgehead atoms. The molecule has 4 heteroatoms. The molecule has 4 nitrogen and oxygen atoms in total. The normalized spacial score (nSPS) is 11.0. The molecule has 2 N–H and O–H groups in total. The first kappa shape index (κ1) is 16.5. The maximum Gasteiger partial charge on any atom is 0.272 e. The molecule has 0 aliphatic heterocycles. The van der Waals surface area contributed by atoms with Gasteiger partial charge in [0, 0.05) is 12.6 Å². The van der Waals surface area contributed by atoms with Crippen LogP contribution in [0.2, 0.25) is 0 Å². The van der Waals surface area contributed by atoms with E-state index in [1.165, 1.54) is 6.92 Å². The van der Waals surface area contributed by atoms with Gasteiger partial charge in [-0.15, -0.1) is 0 Å². The fourth-order valence-electron chi connectivity index (χ4n) is 2.09. The van der Waals surface area contributed by atoms with Crippen LogP contribution in [0.5, 0.6) is 0 Å². The Morgan fingerprint density at radius 3 is 2.22 bits per heavy atom. The fraction of sp³-hybridized carbons (Fsp3) is 0.158. The molecule has 0 unspecified atom stereocenters. The Kier molecular flexibility index (Phi) is 5.31. The SMILES string of the molecule is CC(=O)N/C(=C\c1ccccc1C)C(=O)Nc1ccc(C)cc1. The van der Waals surface area contributed by atoms with E-state index in [9.17, 15) is 9.59 Å². The molecule has 0 spiro atoms. The molecule has 0 atom stereocenters. The van der Waals surface area contributed by atoms with E-state index >= 15 is 0 Å². The van der Waals surface area contributed by atoms with Gasteiger partial charge in [-0.05, 0) is 43.2 Å². The summed E-state index contributed by atoms with van der Waals surface area (Å²) in [5.74, 6) is -0.642. The minimum absolute atomic E-state index is 0.215. The van der Waals surface area contributed by atoms with Crippen molar-refractivity contribution >= 4 is 23.6 Å². The second kappa shape index (κ2) is 7.40. The van der Waals surface area contributed by atoms with Gasteiger partial charge in [-0.1, -0.05) is 42.0 Å². The van der Waals surface area contributed by atoms with Crippen LogP contribution in [0.3, 0.4) is 0 Å². The summed E-state index contributed by atoms with van der Waals surface area (Å²) in [5, 5.41) is 5.39. The predicted octanol–water partition coefficient (Wildman–Crippen LogP) is 3.42. The Labute approximate surface area is 136 Å². The van der Waals surface area contributed by atoms with Crippen molar-refractivity contribution in [2.75, 3.05) is 5.32 Å². The molecule has 2 rings (SSSR count). The molecule has 23 heavy (non-hydrogen) atoms. The lowest BCUT2D eigenvalue weighted by Gasteiger charge is -2.11. The van der Waals surface area contributed by atoms with E-state index in [4.69, 9.17) is 0 Å². The monoisotopic (exact) mass is 308 g/mol. The highest BCUT2D eigenvalue weighted by Gasteiger charge is 2.12. The molecule has 0 heterocycles. The first-order chi connectivity index (χ1) is 11.0. The van der Waals surface area contributed by atoms with Gasteiger partial charge in [-0.3, -0.25) is 9.59 Å². The molecular formula is C19H20N2O2. The van der Waals surface area contributed by atoms with Gasteiger partial charge in [0.2, 0.25) is 5.91 Å². The Bertz CT molecular complexity index is 746. The van der Waals surface area contributed by atoms with Crippen LogP contribution in [0.25, 0.3) is 6.08 Å². The third kappa shape index (κ3) is 4.81. The summed E-state index contributed by atoms with van der Waals surface area (Å²) in [6, 6.07) is 15.2. The Hall–Kier alpha value is -2.88. The van der Waals surface area contributed by atoms with Crippen LogP contribution in [-0.2, 0) is 9.59 Å². The van der Waals surface area contributed by atoms with E-state index in [2.05, 4.69) is 10.6 Å². The van der Waals surface area contributed by atoms with Crippen molar-refractivity contribution in [3.8, 4) is 0 Å². The van der Waals surface area contributed by atoms with E-state index < -0.39 is 0 Å². The van der Waals surface area contributed by atoms with Crippen molar-refractivity contribution in [3.63, 3.8) is 0 Å². The third-order valence-electron chi connectivity index (χ3n) is 3.35. The van der Waals surface area contributed by atoms with Crippen molar-refractivity contribution in [3.05, 3.63) is 70.9 Å². The van der Waals surface area contributed by atoms with Crippen LogP contribution >= 0.6 is 0 Å². The molecule has 0 aliphatic carbocycles. The van der Waals surface area contributed by atoms with Crippen LogP contribution in [0.15, 0.2) is 54.2 Å². The molecule has 0 radical (unpaired) electrons. The van der Waals surface area contributed by atoms with Crippen molar-refractivity contribution in [1.82, 2.24) is 5.32 Å². The molecule has 118 valence electrons. The zero-order chi connectivity index (χ0) is 16.8. The second-order valence-corrected chi connectivity index (χ2v) is 5.42. The van der Waals surface area contributed by atoms with Crippen molar-refractivity contribution in [2.45, 2.75) is 20.8 Å². The van der Waals surface area contributed by atoms with Gasteiger partial charge in [0.05, 0.1) is 0 Å². The predicted molar refractivity (Wildman–Crippen MR) is 92.8 cm³/mol. The van der Waals surface area contributed by atoms with Crippen LogP contribution in [0.1, 0.15) is 23.6 Å². The van der Waals surface area contributed by atoms with Crippen LogP contribution < -0.4 is 10.6 Å². The van der Waals surface area contributed by atoms with E-state index in [1.807, 2.05) is 62.4 Å². The van der Waals surface area contributed by atoms with Crippen LogP contribution in [0.4, 0.5) is 5.69 Å². The van der Waals surface area contributed by atoms with E-state index in [-0.39, 0.29) is 17.5 Å². The zero-order valence-corrected chi connectivity index (χ0v) is 13.5. The van der Waals surface area contributed by atoms with Crippen LogP contribution in [-0.4, -0.2) is 11.8 Å². The number of hydrogen-bond donors (Lipinski definition) is 2. The lowest BCUT2D eigenvalue weighted by atomic mass is 10.1. The third-order valence-corrected chi connectivity index (χ3v) is 3.35. The van der Waals surface area contributed by atoms with E-state index in [0.717, 1.165) is 16.7 Å². The highest BCUT2D eigenvalue weighted by molar-refractivity contribution is 6.08. The number of rotatable bonds is 4. The summed E-state index contributed by atoms with van der Waals surface area (Å²) in [6.07, 6.45) is 1.68. The summed E-state index contributed by atoms with van der Waals surface area (Å²) in [5.41, 5.74) is 3.92. The van der Waals surface area contributed by atoms with Crippen molar-refractivity contribution < 1.29 is 9.59 Å². The summed E-state index contributed by atoms with van der Waals surface area (Å²) < 4.78 is 0. The molecule has 0 aromatic heterocycles. The molecule has 0 saturated heterocycles. The Balaban J connectivity index is 2.27. The van der Waals surface area contributed by atoms with Gasteiger partial charge in [0.1, 0.15) is 5.70 Å². The van der Waals surface area contributed by atoms with E-state index in [0.29, 0.717) is 5.69 Å². The average Bonchev–Trinajstić information content (AvgIpc) is 2.50. The number of benzene rings is 2. The maximum absolute atomic E-state index is 12.5. The van der Waals surface area contributed by atoms with Crippen molar-refractivity contribution in [1.29, 1.82) is 0 Å². The number of amides is 2. The van der Waals surface area contributed by atoms with Crippen LogP contribution in [0, 0.1) is 13.8 Å². The van der Waals surface area contributed by atoms with Gasteiger partial charge in [-0.25, -0.2) is 0 Å². The number of aryl methyl sites for hydroxylation is 2.